The second-order valence-electron chi connectivity index (χ2n) is 6.20. The number of amides is 1. The summed E-state index contributed by atoms with van der Waals surface area (Å²) in [4.78, 5) is 12.0. The van der Waals surface area contributed by atoms with E-state index < -0.39 is 10.0 Å². The van der Waals surface area contributed by atoms with Crippen LogP contribution in [0.1, 0.15) is 24.0 Å². The number of nitrogens with one attached hydrogen (secondary N) is 2. The highest BCUT2D eigenvalue weighted by atomic mass is 32.2. The van der Waals surface area contributed by atoms with Crippen LogP contribution in [0, 0.1) is 6.92 Å². The maximum absolute atomic E-state index is 12.1. The van der Waals surface area contributed by atoms with Crippen LogP contribution in [0.15, 0.2) is 59.5 Å². The van der Waals surface area contributed by atoms with Gasteiger partial charge in [-0.15, -0.1) is 0 Å². The van der Waals surface area contributed by atoms with Gasteiger partial charge in [-0.2, -0.15) is 0 Å². The Morgan fingerprint density at radius 2 is 1.70 bits per heavy atom. The number of carbonyl (C=O) groups excluding carboxylic acids is 1. The van der Waals surface area contributed by atoms with Gasteiger partial charge in [-0.1, -0.05) is 48.0 Å². The van der Waals surface area contributed by atoms with Crippen LogP contribution in [0.25, 0.3) is 0 Å². The van der Waals surface area contributed by atoms with Crippen molar-refractivity contribution in [1.29, 1.82) is 0 Å². The minimum absolute atomic E-state index is 0.0621. The van der Waals surface area contributed by atoms with E-state index in [1.807, 2.05) is 37.3 Å². The summed E-state index contributed by atoms with van der Waals surface area (Å²) >= 11 is 0. The maximum Gasteiger partial charge on any atom is 0.240 e. The minimum atomic E-state index is -3.58. The van der Waals surface area contributed by atoms with Crippen molar-refractivity contribution in [3.05, 3.63) is 65.7 Å². The molecule has 146 valence electrons. The first-order chi connectivity index (χ1) is 13.0. The van der Waals surface area contributed by atoms with Crippen LogP contribution in [-0.4, -0.2) is 34.0 Å². The molecule has 0 saturated heterocycles. The molecule has 7 heteroatoms. The molecule has 0 heterocycles. The summed E-state index contributed by atoms with van der Waals surface area (Å²) in [5, 5.41) is 2.76. The summed E-state index contributed by atoms with van der Waals surface area (Å²) in [5.41, 5.74) is 2.10. The molecule has 27 heavy (non-hydrogen) atoms. The van der Waals surface area contributed by atoms with Crippen LogP contribution in [0.5, 0.6) is 0 Å². The second kappa shape index (κ2) is 10.8. The van der Waals surface area contributed by atoms with E-state index in [-0.39, 0.29) is 23.8 Å². The van der Waals surface area contributed by atoms with Gasteiger partial charge in [-0.3, -0.25) is 4.79 Å². The first-order valence-corrected chi connectivity index (χ1v) is 10.4. The normalized spacial score (nSPS) is 11.3. The molecule has 1 amide bonds. The Hall–Kier alpha value is -2.22. The third-order valence-corrected chi connectivity index (χ3v) is 5.35. The fourth-order valence-electron chi connectivity index (χ4n) is 2.35. The summed E-state index contributed by atoms with van der Waals surface area (Å²) in [6, 6.07) is 16.5. The predicted octanol–water partition coefficient (Wildman–Crippen LogP) is 2.39. The molecule has 0 aliphatic heterocycles. The monoisotopic (exact) mass is 390 g/mol. The Morgan fingerprint density at radius 3 is 2.41 bits per heavy atom. The first kappa shape index (κ1) is 21.1. The topological polar surface area (TPSA) is 84.5 Å². The molecule has 0 bridgehead atoms. The quantitative estimate of drug-likeness (QED) is 0.577. The molecule has 0 aliphatic carbocycles. The summed E-state index contributed by atoms with van der Waals surface area (Å²) in [6.07, 6.45) is 0.795. The van der Waals surface area contributed by atoms with Gasteiger partial charge in [0.25, 0.3) is 0 Å². The number of sulfonamides is 1. The van der Waals surface area contributed by atoms with Crippen molar-refractivity contribution in [2.45, 2.75) is 31.3 Å². The molecular formula is C20H26N2O4S. The van der Waals surface area contributed by atoms with Gasteiger partial charge in [0.05, 0.1) is 11.5 Å². The molecule has 0 spiro atoms. The average molecular weight is 391 g/mol. The van der Waals surface area contributed by atoms with E-state index >= 15 is 0 Å². The Bertz CT molecular complexity index is 806. The molecule has 0 fully saturated rings. The molecule has 2 aromatic carbocycles. The van der Waals surface area contributed by atoms with Crippen molar-refractivity contribution < 1.29 is 17.9 Å². The van der Waals surface area contributed by atoms with Crippen LogP contribution < -0.4 is 10.0 Å². The Labute approximate surface area is 161 Å². The highest BCUT2D eigenvalue weighted by Gasteiger charge is 2.13. The number of hydrogen-bond donors (Lipinski definition) is 2. The van der Waals surface area contributed by atoms with Crippen molar-refractivity contribution >= 4 is 15.9 Å². The molecule has 0 unspecified atom stereocenters. The van der Waals surface area contributed by atoms with E-state index in [1.54, 1.807) is 24.3 Å². The van der Waals surface area contributed by atoms with E-state index in [9.17, 15) is 13.2 Å². The Kier molecular flexibility index (Phi) is 8.44. The van der Waals surface area contributed by atoms with E-state index in [2.05, 4.69) is 10.0 Å². The summed E-state index contributed by atoms with van der Waals surface area (Å²) in [5.74, 6) is -0.190. The average Bonchev–Trinajstić information content (AvgIpc) is 2.65. The zero-order valence-electron chi connectivity index (χ0n) is 15.5. The van der Waals surface area contributed by atoms with Gasteiger partial charge in [0.15, 0.2) is 0 Å². The molecular weight excluding hydrogens is 364 g/mol. The number of aryl methyl sites for hydroxylation is 1. The highest BCUT2D eigenvalue weighted by Crippen LogP contribution is 2.09. The lowest BCUT2D eigenvalue weighted by molar-refractivity contribution is -0.120. The summed E-state index contributed by atoms with van der Waals surface area (Å²) < 4.78 is 32.2. The Balaban J connectivity index is 1.56. The van der Waals surface area contributed by atoms with Crippen molar-refractivity contribution in [3.8, 4) is 0 Å². The largest absolute Gasteiger partial charge is 0.377 e. The molecule has 2 aromatic rings. The van der Waals surface area contributed by atoms with Crippen LogP contribution in [0.3, 0.4) is 0 Å². The van der Waals surface area contributed by atoms with E-state index in [0.717, 1.165) is 11.1 Å². The van der Waals surface area contributed by atoms with Crippen LogP contribution in [-0.2, 0) is 26.2 Å². The summed E-state index contributed by atoms with van der Waals surface area (Å²) in [6.45, 7) is 3.55. The fourth-order valence-corrected chi connectivity index (χ4v) is 3.39. The zero-order valence-corrected chi connectivity index (χ0v) is 16.3. The molecule has 0 saturated carbocycles. The smallest absolute Gasteiger partial charge is 0.240 e. The number of benzene rings is 2. The van der Waals surface area contributed by atoms with Gasteiger partial charge < -0.3 is 10.1 Å². The number of ether oxygens (including phenoxy) is 1. The molecule has 0 radical (unpaired) electrons. The number of rotatable bonds is 11. The van der Waals surface area contributed by atoms with Crippen molar-refractivity contribution in [2.75, 3.05) is 19.7 Å². The molecule has 0 aromatic heterocycles. The SMILES string of the molecule is Cc1ccc(S(=O)(=O)NCCC(=O)NCCCOCc2ccccc2)cc1. The van der Waals surface area contributed by atoms with Crippen LogP contribution in [0.2, 0.25) is 0 Å². The third-order valence-electron chi connectivity index (χ3n) is 3.87. The fraction of sp³-hybridized carbons (Fsp3) is 0.350. The summed E-state index contributed by atoms with van der Waals surface area (Å²) in [7, 11) is -3.58. The number of carbonyl (C=O) groups is 1. The first-order valence-electron chi connectivity index (χ1n) is 8.92. The lowest BCUT2D eigenvalue weighted by Crippen LogP contribution is -2.31. The minimum Gasteiger partial charge on any atom is -0.377 e. The third kappa shape index (κ3) is 7.90. The number of hydrogen-bond acceptors (Lipinski definition) is 4. The van der Waals surface area contributed by atoms with E-state index in [1.165, 1.54) is 0 Å². The molecule has 6 nitrogen and oxygen atoms in total. The van der Waals surface area contributed by atoms with Gasteiger partial charge in [-0.05, 0) is 31.0 Å². The predicted molar refractivity (Wildman–Crippen MR) is 105 cm³/mol. The van der Waals surface area contributed by atoms with Gasteiger partial charge in [-0.25, -0.2) is 13.1 Å². The van der Waals surface area contributed by atoms with Crippen molar-refractivity contribution in [1.82, 2.24) is 10.0 Å². The van der Waals surface area contributed by atoms with E-state index in [4.69, 9.17) is 4.74 Å². The van der Waals surface area contributed by atoms with Crippen LogP contribution in [0.4, 0.5) is 0 Å². The maximum atomic E-state index is 12.1. The lowest BCUT2D eigenvalue weighted by atomic mass is 10.2. The molecule has 2 N–H and O–H groups in total. The van der Waals surface area contributed by atoms with Gasteiger partial charge in [0.2, 0.25) is 15.9 Å². The second-order valence-corrected chi connectivity index (χ2v) is 7.97. The molecule has 0 aliphatic rings. The van der Waals surface area contributed by atoms with Gasteiger partial charge in [0, 0.05) is 26.1 Å². The zero-order chi connectivity index (χ0) is 19.5. The van der Waals surface area contributed by atoms with Gasteiger partial charge in [0.1, 0.15) is 0 Å². The van der Waals surface area contributed by atoms with Crippen LogP contribution >= 0.6 is 0 Å². The molecule has 0 atom stereocenters. The Morgan fingerprint density at radius 1 is 1.00 bits per heavy atom. The van der Waals surface area contributed by atoms with Crippen molar-refractivity contribution in [3.63, 3.8) is 0 Å². The van der Waals surface area contributed by atoms with Crippen molar-refractivity contribution in [2.24, 2.45) is 0 Å². The highest BCUT2D eigenvalue weighted by molar-refractivity contribution is 7.89. The standard InChI is InChI=1S/C20H26N2O4S/c1-17-8-10-19(11-9-17)27(24,25)22-14-12-20(23)21-13-5-15-26-16-18-6-3-2-4-7-18/h2-4,6-11,22H,5,12-16H2,1H3,(H,21,23). The van der Waals surface area contributed by atoms with Gasteiger partial charge >= 0.3 is 0 Å². The lowest BCUT2D eigenvalue weighted by Gasteiger charge is -2.08. The van der Waals surface area contributed by atoms with E-state index in [0.29, 0.717) is 26.2 Å². The molecule has 2 rings (SSSR count).